The van der Waals surface area contributed by atoms with Crippen LogP contribution < -0.4 is 10.1 Å². The number of benzene rings is 2. The molecule has 0 aliphatic heterocycles. The van der Waals surface area contributed by atoms with E-state index in [1.807, 2.05) is 54.6 Å². The first-order valence-corrected chi connectivity index (χ1v) is 7.76. The van der Waals surface area contributed by atoms with Gasteiger partial charge in [0.15, 0.2) is 24.2 Å². The Morgan fingerprint density at radius 1 is 1.04 bits per heavy atom. The highest BCUT2D eigenvalue weighted by Crippen LogP contribution is 2.27. The first kappa shape index (κ1) is 18.2. The molecule has 0 heterocycles. The summed E-state index contributed by atoms with van der Waals surface area (Å²) in [6.07, 6.45) is 0. The number of azo groups is 2. The molecular weight excluding hydrogens is 318 g/mol. The summed E-state index contributed by atoms with van der Waals surface area (Å²) in [6, 6.07) is 16.5. The van der Waals surface area contributed by atoms with Crippen LogP contribution in [0.5, 0.6) is 5.75 Å². The zero-order chi connectivity index (χ0) is 18.2. The highest BCUT2D eigenvalue weighted by Gasteiger charge is 2.26. The fourth-order valence-electron chi connectivity index (χ4n) is 2.27. The van der Waals surface area contributed by atoms with E-state index in [1.54, 1.807) is 21.1 Å². The number of carbonyl (C=O) groups excluding carboxylic acids is 1. The lowest BCUT2D eigenvalue weighted by Gasteiger charge is -2.07. The van der Waals surface area contributed by atoms with Gasteiger partial charge in [-0.25, -0.2) is 0 Å². The molecule has 0 saturated carbocycles. The van der Waals surface area contributed by atoms with Crippen LogP contribution in [0.4, 0.5) is 11.4 Å². The Morgan fingerprint density at radius 2 is 1.68 bits per heavy atom. The maximum absolute atomic E-state index is 12.7. The number of methoxy groups -OCH3 is 2. The predicted octanol–water partition coefficient (Wildman–Crippen LogP) is 3.94. The van der Waals surface area contributed by atoms with Gasteiger partial charge in [-0.1, -0.05) is 35.0 Å². The van der Waals surface area contributed by atoms with Crippen LogP contribution in [0.3, 0.4) is 0 Å². The van der Waals surface area contributed by atoms with Crippen LogP contribution in [0.2, 0.25) is 0 Å². The van der Waals surface area contributed by atoms with Crippen molar-refractivity contribution in [3.8, 4) is 5.75 Å². The number of allylic oxidation sites excluding steroid dienone is 1. The number of rotatable bonds is 6. The van der Waals surface area contributed by atoms with Crippen molar-refractivity contribution in [3.05, 3.63) is 66.1 Å². The molecule has 0 aliphatic carbocycles. The molecular formula is C19H22N3O3+. The van der Waals surface area contributed by atoms with Crippen molar-refractivity contribution in [2.45, 2.75) is 6.92 Å². The molecule has 0 aromatic heterocycles. The van der Waals surface area contributed by atoms with Gasteiger partial charge in [0.05, 0.1) is 14.2 Å². The first-order valence-electron chi connectivity index (χ1n) is 7.76. The molecule has 6 heteroatoms. The molecule has 0 bridgehead atoms. The minimum atomic E-state index is -0.313. The molecule has 2 aromatic rings. The molecule has 0 spiro atoms. The van der Waals surface area contributed by atoms with E-state index in [-0.39, 0.29) is 5.91 Å². The molecule has 2 rings (SSSR count). The normalized spacial score (nSPS) is 12.2. The third kappa shape index (κ3) is 4.67. The standard InChI is InChI=1S/C19H21N3O3/c1-14(24-3)18(19(23)20-15-10-6-5-7-11-15)22(2)21-16-12-8-9-13-17(16)25-4/h5-13H,1-4H3/p+1/b18-14-,22-21?. The zero-order valence-electron chi connectivity index (χ0n) is 14.8. The Labute approximate surface area is 147 Å². The summed E-state index contributed by atoms with van der Waals surface area (Å²) >= 11 is 0. The van der Waals surface area contributed by atoms with E-state index in [0.29, 0.717) is 28.6 Å². The minimum absolute atomic E-state index is 0.303. The molecule has 130 valence electrons. The number of ether oxygens (including phenoxy) is 2. The van der Waals surface area contributed by atoms with Crippen molar-refractivity contribution in [1.82, 2.24) is 0 Å². The van der Waals surface area contributed by atoms with E-state index in [0.717, 1.165) is 0 Å². The number of nitrogens with one attached hydrogen (secondary N) is 1. The number of carbonyl (C=O) groups is 1. The number of para-hydroxylation sites is 2. The molecule has 0 atom stereocenters. The van der Waals surface area contributed by atoms with Crippen LogP contribution in [-0.2, 0) is 9.53 Å². The second-order valence-corrected chi connectivity index (χ2v) is 5.22. The molecule has 25 heavy (non-hydrogen) atoms. The van der Waals surface area contributed by atoms with Gasteiger partial charge in [-0.2, -0.15) is 0 Å². The summed E-state index contributed by atoms with van der Waals surface area (Å²) in [5.41, 5.74) is 1.61. The van der Waals surface area contributed by atoms with E-state index in [4.69, 9.17) is 9.47 Å². The van der Waals surface area contributed by atoms with Gasteiger partial charge in [0.1, 0.15) is 0 Å². The minimum Gasteiger partial charge on any atom is -0.494 e. The predicted molar refractivity (Wildman–Crippen MR) is 96.0 cm³/mol. The lowest BCUT2D eigenvalue weighted by atomic mass is 10.3. The van der Waals surface area contributed by atoms with Crippen LogP contribution >= 0.6 is 0 Å². The molecule has 0 fully saturated rings. The van der Waals surface area contributed by atoms with Gasteiger partial charge in [0.25, 0.3) is 0 Å². The second-order valence-electron chi connectivity index (χ2n) is 5.22. The average molecular weight is 340 g/mol. The molecule has 0 aliphatic rings. The summed E-state index contributed by atoms with van der Waals surface area (Å²) < 4.78 is 12.1. The van der Waals surface area contributed by atoms with Crippen LogP contribution in [-0.4, -0.2) is 31.9 Å². The lowest BCUT2D eigenvalue weighted by Crippen LogP contribution is -2.23. The molecule has 1 N–H and O–H groups in total. The molecule has 6 nitrogen and oxygen atoms in total. The van der Waals surface area contributed by atoms with Crippen LogP contribution in [0.25, 0.3) is 0 Å². The van der Waals surface area contributed by atoms with Gasteiger partial charge < -0.3 is 14.8 Å². The van der Waals surface area contributed by atoms with Gasteiger partial charge in [0, 0.05) is 17.7 Å². The quantitative estimate of drug-likeness (QED) is 0.375. The molecule has 0 unspecified atom stereocenters. The Hall–Kier alpha value is -3.15. The van der Waals surface area contributed by atoms with E-state index < -0.39 is 0 Å². The number of nitrogens with zero attached hydrogens (tertiary/aromatic N) is 2. The van der Waals surface area contributed by atoms with Crippen LogP contribution in [0.1, 0.15) is 6.92 Å². The maximum atomic E-state index is 12.7. The van der Waals surface area contributed by atoms with Crippen molar-refractivity contribution in [1.29, 1.82) is 0 Å². The topological polar surface area (TPSA) is 62.9 Å². The SMILES string of the molecule is CO/C(C)=C(/C(=O)Nc1ccccc1)[N+](C)=Nc1ccccc1OC. The molecule has 0 radical (unpaired) electrons. The third-order valence-electron chi connectivity index (χ3n) is 3.55. The van der Waals surface area contributed by atoms with Crippen molar-refractivity contribution in [2.75, 3.05) is 26.6 Å². The Bertz CT molecular complexity index is 799. The van der Waals surface area contributed by atoms with Gasteiger partial charge in [-0.3, -0.25) is 4.79 Å². The van der Waals surface area contributed by atoms with Crippen molar-refractivity contribution >= 4 is 17.3 Å². The fraction of sp³-hybridized carbons (Fsp3) is 0.211. The third-order valence-corrected chi connectivity index (χ3v) is 3.55. The van der Waals surface area contributed by atoms with Crippen LogP contribution in [0, 0.1) is 0 Å². The number of anilines is 1. The summed E-state index contributed by atoms with van der Waals surface area (Å²) in [7, 11) is 4.78. The number of likely N-dealkylation sites (N-methyl/N-ethyl adjacent to an activating group) is 1. The number of amides is 1. The number of hydrogen-bond donors (Lipinski definition) is 1. The molecule has 1 amide bonds. The van der Waals surface area contributed by atoms with Crippen molar-refractivity contribution < 1.29 is 19.0 Å². The summed E-state index contributed by atoms with van der Waals surface area (Å²) in [4.78, 5) is 12.7. The average Bonchev–Trinajstić information content (AvgIpc) is 2.63. The summed E-state index contributed by atoms with van der Waals surface area (Å²) in [5.74, 6) is 0.758. The van der Waals surface area contributed by atoms with Gasteiger partial charge in [-0.15, -0.1) is 0 Å². The highest BCUT2D eigenvalue weighted by molar-refractivity contribution is 6.02. The zero-order valence-corrected chi connectivity index (χ0v) is 14.8. The second kappa shape index (κ2) is 8.63. The van der Waals surface area contributed by atoms with Gasteiger partial charge in [0.2, 0.25) is 0 Å². The Balaban J connectivity index is 2.37. The van der Waals surface area contributed by atoms with E-state index in [1.165, 1.54) is 11.8 Å². The Kier molecular flexibility index (Phi) is 6.28. The van der Waals surface area contributed by atoms with Crippen LogP contribution in [0.15, 0.2) is 71.2 Å². The summed E-state index contributed by atoms with van der Waals surface area (Å²) in [6.45, 7) is 1.72. The van der Waals surface area contributed by atoms with Gasteiger partial charge >= 0.3 is 11.6 Å². The van der Waals surface area contributed by atoms with Crippen molar-refractivity contribution in [2.24, 2.45) is 5.11 Å². The van der Waals surface area contributed by atoms with Crippen molar-refractivity contribution in [3.63, 3.8) is 0 Å². The van der Waals surface area contributed by atoms with E-state index >= 15 is 0 Å². The largest absolute Gasteiger partial charge is 0.494 e. The first-order chi connectivity index (χ1) is 12.1. The maximum Gasteiger partial charge on any atom is 0.333 e. The van der Waals surface area contributed by atoms with E-state index in [9.17, 15) is 4.79 Å². The molecule has 0 saturated heterocycles. The lowest BCUT2D eigenvalue weighted by molar-refractivity contribution is -0.508. The monoisotopic (exact) mass is 340 g/mol. The highest BCUT2D eigenvalue weighted by atomic mass is 16.5. The van der Waals surface area contributed by atoms with Gasteiger partial charge in [-0.05, 0) is 24.3 Å². The Morgan fingerprint density at radius 3 is 2.32 bits per heavy atom. The van der Waals surface area contributed by atoms with E-state index in [2.05, 4.69) is 10.4 Å². The summed E-state index contributed by atoms with van der Waals surface area (Å²) in [5, 5.41) is 7.31. The number of hydrogen-bond acceptors (Lipinski definition) is 4. The molecule has 2 aromatic carbocycles. The smallest absolute Gasteiger partial charge is 0.333 e. The fourth-order valence-corrected chi connectivity index (χ4v) is 2.27.